The van der Waals surface area contributed by atoms with Crippen molar-refractivity contribution in [2.75, 3.05) is 6.54 Å². The number of sulfonamides is 1. The molecule has 0 spiro atoms. The number of aryl methyl sites for hydroxylation is 1. The molecule has 0 amide bonds. The van der Waals surface area contributed by atoms with Gasteiger partial charge in [-0.15, -0.1) is 11.3 Å². The van der Waals surface area contributed by atoms with Crippen LogP contribution in [0.25, 0.3) is 0 Å². The molecular weight excluding hydrogens is 294 g/mol. The molecule has 1 aromatic rings. The van der Waals surface area contributed by atoms with Gasteiger partial charge in [-0.05, 0) is 32.8 Å². The molecule has 20 heavy (non-hydrogen) atoms. The van der Waals surface area contributed by atoms with Gasteiger partial charge in [0.1, 0.15) is 0 Å². The first-order valence-electron chi connectivity index (χ1n) is 7.10. The van der Waals surface area contributed by atoms with Gasteiger partial charge in [-0.3, -0.25) is 0 Å². The van der Waals surface area contributed by atoms with E-state index in [0.717, 1.165) is 24.1 Å². The minimum Gasteiger partial charge on any atom is -0.391 e. The second kappa shape index (κ2) is 7.54. The van der Waals surface area contributed by atoms with Gasteiger partial charge in [-0.25, -0.2) is 8.42 Å². The van der Waals surface area contributed by atoms with Gasteiger partial charge in [0, 0.05) is 22.3 Å². The summed E-state index contributed by atoms with van der Waals surface area (Å²) in [6.07, 6.45) is 2.62. The molecule has 0 aromatic carbocycles. The first-order chi connectivity index (χ1) is 9.38. The predicted octanol–water partition coefficient (Wildman–Crippen LogP) is 3.14. The SMILES string of the molecule is CCCCN(C(C)CC)S(=O)(=O)c1cc(CO)sc1C. The molecule has 1 aromatic heterocycles. The van der Waals surface area contributed by atoms with Crippen LogP contribution >= 0.6 is 11.3 Å². The van der Waals surface area contributed by atoms with Crippen molar-refractivity contribution < 1.29 is 13.5 Å². The summed E-state index contributed by atoms with van der Waals surface area (Å²) in [6, 6.07) is 1.60. The van der Waals surface area contributed by atoms with E-state index in [1.165, 1.54) is 11.3 Å². The summed E-state index contributed by atoms with van der Waals surface area (Å²) >= 11 is 1.35. The molecule has 1 rings (SSSR count). The van der Waals surface area contributed by atoms with Crippen LogP contribution in [0.5, 0.6) is 0 Å². The highest BCUT2D eigenvalue weighted by Crippen LogP contribution is 2.29. The van der Waals surface area contributed by atoms with Crippen LogP contribution in [0.3, 0.4) is 0 Å². The number of hydrogen-bond acceptors (Lipinski definition) is 4. The molecule has 116 valence electrons. The number of thiophene rings is 1. The molecule has 0 bridgehead atoms. The van der Waals surface area contributed by atoms with Crippen LogP contribution in [0.2, 0.25) is 0 Å². The van der Waals surface area contributed by atoms with E-state index >= 15 is 0 Å². The maximum atomic E-state index is 12.8. The molecule has 6 heteroatoms. The smallest absolute Gasteiger partial charge is 0.244 e. The summed E-state index contributed by atoms with van der Waals surface area (Å²) < 4.78 is 27.3. The van der Waals surface area contributed by atoms with Gasteiger partial charge in [0.25, 0.3) is 0 Å². The second-order valence-corrected chi connectivity index (χ2v) is 8.22. The largest absolute Gasteiger partial charge is 0.391 e. The predicted molar refractivity (Wildman–Crippen MR) is 83.5 cm³/mol. The van der Waals surface area contributed by atoms with Crippen molar-refractivity contribution in [1.82, 2.24) is 4.31 Å². The second-order valence-electron chi connectivity index (χ2n) is 5.02. The van der Waals surface area contributed by atoms with E-state index < -0.39 is 10.0 Å². The average Bonchev–Trinajstić information content (AvgIpc) is 2.80. The van der Waals surface area contributed by atoms with Crippen molar-refractivity contribution in [2.45, 2.75) is 64.5 Å². The Hall–Kier alpha value is -0.430. The zero-order chi connectivity index (χ0) is 15.3. The van der Waals surface area contributed by atoms with Gasteiger partial charge in [0.15, 0.2) is 0 Å². The Labute approximate surface area is 126 Å². The molecule has 0 saturated carbocycles. The molecule has 4 nitrogen and oxygen atoms in total. The molecule has 0 saturated heterocycles. The lowest BCUT2D eigenvalue weighted by Gasteiger charge is -2.27. The van der Waals surface area contributed by atoms with Gasteiger partial charge in [0.05, 0.1) is 11.5 Å². The lowest BCUT2D eigenvalue weighted by molar-refractivity contribution is 0.285. The summed E-state index contributed by atoms with van der Waals surface area (Å²) in [5.74, 6) is 0. The third-order valence-corrected chi connectivity index (χ3v) is 6.78. The highest BCUT2D eigenvalue weighted by atomic mass is 32.2. The van der Waals surface area contributed by atoms with Gasteiger partial charge >= 0.3 is 0 Å². The van der Waals surface area contributed by atoms with Crippen LogP contribution < -0.4 is 0 Å². The molecule has 1 N–H and O–H groups in total. The maximum absolute atomic E-state index is 12.8. The summed E-state index contributed by atoms with van der Waals surface area (Å²) in [4.78, 5) is 1.79. The number of unbranched alkanes of at least 4 members (excludes halogenated alkanes) is 1. The zero-order valence-electron chi connectivity index (χ0n) is 12.7. The Morgan fingerprint density at radius 1 is 1.40 bits per heavy atom. The normalized spacial score (nSPS) is 13.9. The van der Waals surface area contributed by atoms with Crippen molar-refractivity contribution in [2.24, 2.45) is 0 Å². The zero-order valence-corrected chi connectivity index (χ0v) is 14.4. The lowest BCUT2D eigenvalue weighted by Crippen LogP contribution is -2.39. The Bertz CT molecular complexity index is 523. The minimum atomic E-state index is -3.47. The lowest BCUT2D eigenvalue weighted by atomic mass is 10.2. The van der Waals surface area contributed by atoms with E-state index in [1.54, 1.807) is 17.3 Å². The van der Waals surface area contributed by atoms with E-state index in [2.05, 4.69) is 6.92 Å². The monoisotopic (exact) mass is 319 g/mol. The average molecular weight is 319 g/mol. The van der Waals surface area contributed by atoms with Gasteiger partial charge < -0.3 is 5.11 Å². The topological polar surface area (TPSA) is 57.6 Å². The van der Waals surface area contributed by atoms with Crippen LogP contribution in [0.15, 0.2) is 11.0 Å². The van der Waals surface area contributed by atoms with Crippen molar-refractivity contribution in [3.05, 3.63) is 15.8 Å². The van der Waals surface area contributed by atoms with Crippen LogP contribution in [-0.2, 0) is 16.6 Å². The van der Waals surface area contributed by atoms with Crippen LogP contribution in [0, 0.1) is 6.92 Å². The first kappa shape index (κ1) is 17.6. The molecule has 0 aliphatic carbocycles. The van der Waals surface area contributed by atoms with E-state index in [4.69, 9.17) is 0 Å². The minimum absolute atomic E-state index is 0.0107. The molecule has 0 fully saturated rings. The fourth-order valence-electron chi connectivity index (χ4n) is 2.08. The molecule has 0 aliphatic rings. The number of hydrogen-bond donors (Lipinski definition) is 1. The van der Waals surface area contributed by atoms with Crippen molar-refractivity contribution >= 4 is 21.4 Å². The quantitative estimate of drug-likeness (QED) is 0.801. The summed E-state index contributed by atoms with van der Waals surface area (Å²) in [5, 5.41) is 9.18. The number of rotatable bonds is 8. The third kappa shape index (κ3) is 3.81. The fourth-order valence-corrected chi connectivity index (χ4v) is 5.29. The van der Waals surface area contributed by atoms with Crippen molar-refractivity contribution in [3.63, 3.8) is 0 Å². The van der Waals surface area contributed by atoms with Gasteiger partial charge in [-0.1, -0.05) is 20.3 Å². The van der Waals surface area contributed by atoms with Crippen LogP contribution in [0.4, 0.5) is 0 Å². The van der Waals surface area contributed by atoms with E-state index in [1.807, 2.05) is 13.8 Å². The standard InChI is InChI=1S/C14H25NO3S2/c1-5-7-8-15(11(3)6-2)20(17,18)14-9-13(10-16)19-12(14)4/h9,11,16H,5-8,10H2,1-4H3. The maximum Gasteiger partial charge on any atom is 0.244 e. The number of aliphatic hydroxyl groups is 1. The number of nitrogens with zero attached hydrogens (tertiary/aromatic N) is 1. The number of aliphatic hydroxyl groups excluding tert-OH is 1. The van der Waals surface area contributed by atoms with Gasteiger partial charge in [0.2, 0.25) is 10.0 Å². The highest BCUT2D eigenvalue weighted by molar-refractivity contribution is 7.89. The molecule has 0 radical (unpaired) electrons. The first-order valence-corrected chi connectivity index (χ1v) is 9.36. The van der Waals surface area contributed by atoms with E-state index in [0.29, 0.717) is 16.3 Å². The fraction of sp³-hybridized carbons (Fsp3) is 0.714. The Morgan fingerprint density at radius 2 is 2.05 bits per heavy atom. The summed E-state index contributed by atoms with van der Waals surface area (Å²) in [6.45, 7) is 8.24. The summed E-state index contributed by atoms with van der Waals surface area (Å²) in [7, 11) is -3.47. The van der Waals surface area contributed by atoms with E-state index in [9.17, 15) is 13.5 Å². The summed E-state index contributed by atoms with van der Waals surface area (Å²) in [5.41, 5.74) is 0. The molecule has 1 atom stereocenters. The van der Waals surface area contributed by atoms with Crippen LogP contribution in [-0.4, -0.2) is 30.4 Å². The van der Waals surface area contributed by atoms with E-state index in [-0.39, 0.29) is 12.6 Å². The molecular formula is C14H25NO3S2. The Morgan fingerprint density at radius 3 is 2.50 bits per heavy atom. The highest BCUT2D eigenvalue weighted by Gasteiger charge is 2.30. The molecule has 1 heterocycles. The Kier molecular flexibility index (Phi) is 6.64. The third-order valence-electron chi connectivity index (χ3n) is 3.48. The molecule has 0 aliphatic heterocycles. The van der Waals surface area contributed by atoms with Gasteiger partial charge in [-0.2, -0.15) is 4.31 Å². The Balaban J connectivity index is 3.17. The van der Waals surface area contributed by atoms with Crippen LogP contribution in [0.1, 0.15) is 49.8 Å². The van der Waals surface area contributed by atoms with Crippen molar-refractivity contribution in [1.29, 1.82) is 0 Å². The molecule has 1 unspecified atom stereocenters. The van der Waals surface area contributed by atoms with Crippen molar-refractivity contribution in [3.8, 4) is 0 Å².